The number of hydrogen-bond donors (Lipinski definition) is 0. The number of ether oxygens (including phenoxy) is 1. The molecule has 0 unspecified atom stereocenters. The molecule has 0 N–H and O–H groups in total. The minimum atomic E-state index is -0.306. The Morgan fingerprint density at radius 1 is 0.944 bits per heavy atom. The average Bonchev–Trinajstić information content (AvgIpc) is 3.23. The van der Waals surface area contributed by atoms with Crippen LogP contribution in [0.1, 0.15) is 80.6 Å². The third-order valence-electron chi connectivity index (χ3n) is 6.55. The van der Waals surface area contributed by atoms with Gasteiger partial charge in [0.05, 0.1) is 12.2 Å². The van der Waals surface area contributed by atoms with Crippen LogP contribution in [0, 0.1) is 0 Å². The van der Waals surface area contributed by atoms with Gasteiger partial charge in [-0.15, -0.1) is 0 Å². The molecule has 0 fully saturated rings. The van der Waals surface area contributed by atoms with Crippen molar-refractivity contribution in [1.29, 1.82) is 0 Å². The summed E-state index contributed by atoms with van der Waals surface area (Å²) in [6, 6.07) is 15.8. The molecule has 1 heterocycles. The zero-order valence-corrected chi connectivity index (χ0v) is 22.4. The van der Waals surface area contributed by atoms with E-state index in [0.717, 1.165) is 74.4 Å². The summed E-state index contributed by atoms with van der Waals surface area (Å²) in [5.41, 5.74) is 2.68. The quantitative estimate of drug-likeness (QED) is 0.157. The fourth-order valence-electron chi connectivity index (χ4n) is 4.38. The van der Waals surface area contributed by atoms with Gasteiger partial charge in [0, 0.05) is 48.7 Å². The van der Waals surface area contributed by atoms with Crippen LogP contribution in [0.25, 0.3) is 10.9 Å². The van der Waals surface area contributed by atoms with E-state index < -0.39 is 0 Å². The second-order valence-electron chi connectivity index (χ2n) is 9.49. The normalized spacial score (nSPS) is 11.1. The summed E-state index contributed by atoms with van der Waals surface area (Å²) in [6.07, 6.45) is 10.7. The Balaban J connectivity index is 1.40. The van der Waals surface area contributed by atoms with E-state index in [4.69, 9.17) is 16.3 Å². The van der Waals surface area contributed by atoms with E-state index in [2.05, 4.69) is 23.6 Å². The maximum Gasteiger partial charge on any atom is 0.340 e. The van der Waals surface area contributed by atoms with Crippen molar-refractivity contribution in [2.75, 3.05) is 20.2 Å². The van der Waals surface area contributed by atoms with Gasteiger partial charge < -0.3 is 14.2 Å². The molecule has 194 valence electrons. The Kier molecular flexibility index (Phi) is 11.3. The second-order valence-corrected chi connectivity index (χ2v) is 9.93. The molecular weight excluding hydrogens is 472 g/mol. The van der Waals surface area contributed by atoms with Gasteiger partial charge in [-0.25, -0.2) is 4.79 Å². The number of aromatic nitrogens is 1. The van der Waals surface area contributed by atoms with Crippen LogP contribution in [0.2, 0.25) is 5.02 Å². The summed E-state index contributed by atoms with van der Waals surface area (Å²) in [7, 11) is 1.90. The van der Waals surface area contributed by atoms with E-state index in [1.165, 1.54) is 0 Å². The number of nitrogens with zero attached hydrogens (tertiary/aromatic N) is 2. The Morgan fingerprint density at radius 3 is 2.42 bits per heavy atom. The summed E-state index contributed by atoms with van der Waals surface area (Å²) < 4.78 is 7.69. The van der Waals surface area contributed by atoms with Crippen LogP contribution in [-0.4, -0.2) is 41.5 Å². The number of carbonyl (C=O) groups is 2. The van der Waals surface area contributed by atoms with Crippen molar-refractivity contribution >= 4 is 34.4 Å². The van der Waals surface area contributed by atoms with Crippen molar-refractivity contribution in [3.8, 4) is 0 Å². The molecule has 0 bridgehead atoms. The Labute approximate surface area is 220 Å². The first-order valence-corrected chi connectivity index (χ1v) is 13.6. The molecule has 2 aromatic carbocycles. The molecule has 0 radical (unpaired) electrons. The third-order valence-corrected chi connectivity index (χ3v) is 6.78. The number of fused-ring (bicyclic) bond motifs is 1. The SMILES string of the molecule is CCCCN(C)C(=O)CCCCCCCCOC(=O)c1cn(Cc2ccccc2)c2ccc(Cl)cc12. The zero-order chi connectivity index (χ0) is 25.8. The molecule has 36 heavy (non-hydrogen) atoms. The molecule has 1 amide bonds. The molecular formula is C30H39ClN2O3. The zero-order valence-electron chi connectivity index (χ0n) is 21.7. The monoisotopic (exact) mass is 510 g/mol. The van der Waals surface area contributed by atoms with Crippen molar-refractivity contribution in [2.24, 2.45) is 0 Å². The molecule has 0 aliphatic heterocycles. The number of esters is 1. The Hall–Kier alpha value is -2.79. The molecule has 0 aliphatic carbocycles. The molecule has 6 heteroatoms. The number of rotatable bonds is 15. The fraction of sp³-hybridized carbons (Fsp3) is 0.467. The number of benzene rings is 2. The van der Waals surface area contributed by atoms with E-state index >= 15 is 0 Å². The number of halogens is 1. The first kappa shape index (κ1) is 27.8. The van der Waals surface area contributed by atoms with Crippen LogP contribution in [0.3, 0.4) is 0 Å². The molecule has 0 atom stereocenters. The predicted octanol–water partition coefficient (Wildman–Crippen LogP) is 7.49. The highest BCUT2D eigenvalue weighted by Crippen LogP contribution is 2.26. The van der Waals surface area contributed by atoms with Gasteiger partial charge >= 0.3 is 5.97 Å². The Bertz CT molecular complexity index is 1110. The van der Waals surface area contributed by atoms with Crippen LogP contribution >= 0.6 is 11.6 Å². The van der Waals surface area contributed by atoms with Gasteiger partial charge in [0.1, 0.15) is 0 Å². The molecule has 3 rings (SSSR count). The van der Waals surface area contributed by atoms with E-state index in [9.17, 15) is 9.59 Å². The van der Waals surface area contributed by atoms with E-state index in [1.807, 2.05) is 54.5 Å². The molecule has 1 aromatic heterocycles. The molecule has 0 saturated carbocycles. The molecule has 5 nitrogen and oxygen atoms in total. The van der Waals surface area contributed by atoms with E-state index in [-0.39, 0.29) is 11.9 Å². The largest absolute Gasteiger partial charge is 0.462 e. The second kappa shape index (κ2) is 14.7. The third kappa shape index (κ3) is 8.41. The number of hydrogen-bond acceptors (Lipinski definition) is 3. The van der Waals surface area contributed by atoms with Gasteiger partial charge in [-0.05, 0) is 43.0 Å². The summed E-state index contributed by atoms with van der Waals surface area (Å²) in [5, 5.41) is 1.42. The topological polar surface area (TPSA) is 51.5 Å². The van der Waals surface area contributed by atoms with Crippen LogP contribution in [0.5, 0.6) is 0 Å². The average molecular weight is 511 g/mol. The fourth-order valence-corrected chi connectivity index (χ4v) is 4.55. The lowest BCUT2D eigenvalue weighted by molar-refractivity contribution is -0.130. The van der Waals surface area contributed by atoms with Crippen molar-refractivity contribution in [3.05, 3.63) is 70.9 Å². The highest BCUT2D eigenvalue weighted by molar-refractivity contribution is 6.31. The van der Waals surface area contributed by atoms with Crippen LogP contribution < -0.4 is 0 Å². The number of amides is 1. The van der Waals surface area contributed by atoms with Crippen molar-refractivity contribution in [2.45, 2.75) is 71.3 Å². The summed E-state index contributed by atoms with van der Waals surface area (Å²) in [4.78, 5) is 26.8. The minimum absolute atomic E-state index is 0.252. The lowest BCUT2D eigenvalue weighted by Gasteiger charge is -2.16. The smallest absolute Gasteiger partial charge is 0.340 e. The van der Waals surface area contributed by atoms with Gasteiger partial charge in [-0.1, -0.05) is 81.0 Å². The highest BCUT2D eigenvalue weighted by atomic mass is 35.5. The highest BCUT2D eigenvalue weighted by Gasteiger charge is 2.17. The summed E-state index contributed by atoms with van der Waals surface area (Å²) >= 11 is 6.23. The van der Waals surface area contributed by atoms with E-state index in [0.29, 0.717) is 30.2 Å². The molecule has 0 spiro atoms. The lowest BCUT2D eigenvalue weighted by atomic mass is 10.1. The number of carbonyl (C=O) groups excluding carboxylic acids is 2. The summed E-state index contributed by atoms with van der Waals surface area (Å²) in [6.45, 7) is 4.08. The Morgan fingerprint density at radius 2 is 1.67 bits per heavy atom. The van der Waals surface area contributed by atoms with Crippen LogP contribution in [-0.2, 0) is 16.1 Å². The van der Waals surface area contributed by atoms with Gasteiger partial charge in [0.25, 0.3) is 0 Å². The first-order valence-electron chi connectivity index (χ1n) is 13.2. The summed E-state index contributed by atoms with van der Waals surface area (Å²) in [5.74, 6) is -0.0541. The van der Waals surface area contributed by atoms with E-state index in [1.54, 1.807) is 0 Å². The molecule has 3 aromatic rings. The van der Waals surface area contributed by atoms with Crippen molar-refractivity contribution < 1.29 is 14.3 Å². The lowest BCUT2D eigenvalue weighted by Crippen LogP contribution is -2.27. The standard InChI is InChI=1S/C30H39ClN2O3/c1-3-4-19-32(2)29(34)16-12-7-5-6-8-13-20-36-30(35)27-23-33(22-24-14-10-9-11-15-24)28-18-17-25(31)21-26(27)28/h9-11,14-15,17-18,21,23H,3-8,12-13,16,19-20,22H2,1-2H3. The van der Waals surface area contributed by atoms with Crippen LogP contribution in [0.15, 0.2) is 54.7 Å². The van der Waals surface area contributed by atoms with Crippen molar-refractivity contribution in [3.63, 3.8) is 0 Å². The van der Waals surface area contributed by atoms with Gasteiger partial charge in [-0.2, -0.15) is 0 Å². The van der Waals surface area contributed by atoms with Gasteiger partial charge in [0.2, 0.25) is 5.91 Å². The maximum atomic E-state index is 12.9. The molecule has 0 aliphatic rings. The van der Waals surface area contributed by atoms with Gasteiger partial charge in [-0.3, -0.25) is 4.79 Å². The minimum Gasteiger partial charge on any atom is -0.462 e. The van der Waals surface area contributed by atoms with Gasteiger partial charge in [0.15, 0.2) is 0 Å². The van der Waals surface area contributed by atoms with Crippen LogP contribution in [0.4, 0.5) is 0 Å². The number of unbranched alkanes of at least 4 members (excludes halogenated alkanes) is 6. The predicted molar refractivity (Wildman–Crippen MR) is 148 cm³/mol. The maximum absolute atomic E-state index is 12.9. The first-order chi connectivity index (χ1) is 17.5. The molecule has 0 saturated heterocycles. The van der Waals surface area contributed by atoms with Crippen molar-refractivity contribution in [1.82, 2.24) is 9.47 Å².